The summed E-state index contributed by atoms with van der Waals surface area (Å²) in [5, 5.41) is 17.6. The van der Waals surface area contributed by atoms with Crippen LogP contribution in [0.15, 0.2) is 30.4 Å². The zero-order valence-electron chi connectivity index (χ0n) is 16.4. The first-order chi connectivity index (χ1) is 13.6. The van der Waals surface area contributed by atoms with Gasteiger partial charge in [0.25, 0.3) is 0 Å². The van der Waals surface area contributed by atoms with Crippen LogP contribution >= 0.6 is 0 Å². The summed E-state index contributed by atoms with van der Waals surface area (Å²) in [6.07, 6.45) is 14.8. The summed E-state index contributed by atoms with van der Waals surface area (Å²) in [7, 11) is 0. The summed E-state index contributed by atoms with van der Waals surface area (Å²) in [5.74, 6) is 1.51. The molecule has 2 aliphatic rings. The predicted octanol–water partition coefficient (Wildman–Crippen LogP) is 6.20. The van der Waals surface area contributed by atoms with Crippen LogP contribution in [0, 0.1) is 34.9 Å². The summed E-state index contributed by atoms with van der Waals surface area (Å²) in [5.41, 5.74) is 1.18. The van der Waals surface area contributed by atoms with Crippen molar-refractivity contribution in [2.75, 3.05) is 0 Å². The SMILES string of the molecule is N#Cc1ccc([C@H]2CC[C@H]([C@H]3CC[C@H](C=CCCC(=O)O)CC3)CC2)cc1F. The lowest BCUT2D eigenvalue weighted by molar-refractivity contribution is -0.136. The molecule has 2 aliphatic carbocycles. The third kappa shape index (κ3) is 5.44. The van der Waals surface area contributed by atoms with E-state index in [0.717, 1.165) is 30.2 Å². The third-order valence-electron chi connectivity index (χ3n) is 6.77. The molecule has 0 radical (unpaired) electrons. The summed E-state index contributed by atoms with van der Waals surface area (Å²) in [6, 6.07) is 6.99. The highest BCUT2D eigenvalue weighted by atomic mass is 19.1. The minimum absolute atomic E-state index is 0.131. The van der Waals surface area contributed by atoms with Gasteiger partial charge in [-0.2, -0.15) is 5.26 Å². The Morgan fingerprint density at radius 1 is 1.11 bits per heavy atom. The van der Waals surface area contributed by atoms with Crippen molar-refractivity contribution in [1.82, 2.24) is 0 Å². The lowest BCUT2D eigenvalue weighted by atomic mass is 9.68. The fourth-order valence-electron chi connectivity index (χ4n) is 5.10. The summed E-state index contributed by atoms with van der Waals surface area (Å²) < 4.78 is 13.9. The second-order valence-corrected chi connectivity index (χ2v) is 8.50. The molecule has 3 nitrogen and oxygen atoms in total. The van der Waals surface area contributed by atoms with Gasteiger partial charge in [0, 0.05) is 6.42 Å². The molecule has 1 aromatic carbocycles. The standard InChI is InChI=1S/C24H30FNO2/c25-23-15-21(13-14-22(23)16-26)20-11-9-19(10-12-20)18-7-5-17(6-8-18)3-1-2-4-24(27)28/h1,3,13-15,17-20H,2,4-12H2,(H,27,28)/t17-,18-,19-,20-. The maximum atomic E-state index is 13.9. The van der Waals surface area contributed by atoms with E-state index in [2.05, 4.69) is 6.08 Å². The number of aliphatic carboxylic acids is 1. The maximum absolute atomic E-state index is 13.9. The van der Waals surface area contributed by atoms with Crippen LogP contribution in [-0.2, 0) is 4.79 Å². The van der Waals surface area contributed by atoms with Crippen LogP contribution in [0.4, 0.5) is 4.39 Å². The van der Waals surface area contributed by atoms with Crippen molar-refractivity contribution in [3.05, 3.63) is 47.3 Å². The second kappa shape index (κ2) is 9.87. The van der Waals surface area contributed by atoms with Crippen LogP contribution in [-0.4, -0.2) is 11.1 Å². The molecule has 0 saturated heterocycles. The number of allylic oxidation sites excluding steroid dienone is 2. The molecule has 1 N–H and O–H groups in total. The molecule has 0 atom stereocenters. The Bertz CT molecular complexity index is 735. The molecule has 0 heterocycles. The number of carboxylic acids is 1. The Kier molecular flexibility index (Phi) is 7.25. The van der Waals surface area contributed by atoms with Crippen molar-refractivity contribution in [1.29, 1.82) is 5.26 Å². The van der Waals surface area contributed by atoms with Crippen molar-refractivity contribution in [3.8, 4) is 6.07 Å². The Labute approximate surface area is 167 Å². The van der Waals surface area contributed by atoms with Gasteiger partial charge in [0.05, 0.1) is 5.56 Å². The van der Waals surface area contributed by atoms with Gasteiger partial charge in [0.15, 0.2) is 0 Å². The number of hydrogen-bond acceptors (Lipinski definition) is 2. The van der Waals surface area contributed by atoms with E-state index in [4.69, 9.17) is 10.4 Å². The molecule has 1 aromatic rings. The van der Waals surface area contributed by atoms with E-state index in [-0.39, 0.29) is 12.0 Å². The highest BCUT2D eigenvalue weighted by molar-refractivity contribution is 5.66. The number of carbonyl (C=O) groups is 1. The number of carboxylic acid groups (broad SMARTS) is 1. The van der Waals surface area contributed by atoms with Gasteiger partial charge in [-0.3, -0.25) is 4.79 Å². The monoisotopic (exact) mass is 383 g/mol. The van der Waals surface area contributed by atoms with Crippen molar-refractivity contribution < 1.29 is 14.3 Å². The van der Waals surface area contributed by atoms with Crippen LogP contribution in [0.1, 0.15) is 81.3 Å². The molecule has 28 heavy (non-hydrogen) atoms. The second-order valence-electron chi connectivity index (χ2n) is 8.50. The molecule has 0 aromatic heterocycles. The Morgan fingerprint density at radius 3 is 2.32 bits per heavy atom. The molecule has 3 rings (SSSR count). The number of halogens is 1. The van der Waals surface area contributed by atoms with Gasteiger partial charge < -0.3 is 5.11 Å². The molecular weight excluding hydrogens is 353 g/mol. The summed E-state index contributed by atoms with van der Waals surface area (Å²) in [6.45, 7) is 0. The van der Waals surface area contributed by atoms with E-state index < -0.39 is 11.8 Å². The average Bonchev–Trinajstić information content (AvgIpc) is 2.71. The summed E-state index contributed by atoms with van der Waals surface area (Å²) >= 11 is 0. The topological polar surface area (TPSA) is 61.1 Å². The van der Waals surface area contributed by atoms with Gasteiger partial charge in [0.2, 0.25) is 0 Å². The lowest BCUT2D eigenvalue weighted by Gasteiger charge is -2.37. The first kappa shape index (κ1) is 20.6. The fraction of sp³-hybridized carbons (Fsp3) is 0.583. The molecule has 0 aliphatic heterocycles. The number of hydrogen-bond donors (Lipinski definition) is 1. The van der Waals surface area contributed by atoms with E-state index in [1.54, 1.807) is 12.1 Å². The number of benzene rings is 1. The maximum Gasteiger partial charge on any atom is 0.303 e. The zero-order valence-corrected chi connectivity index (χ0v) is 16.4. The van der Waals surface area contributed by atoms with Crippen molar-refractivity contribution in [2.24, 2.45) is 17.8 Å². The quantitative estimate of drug-likeness (QED) is 0.595. The van der Waals surface area contributed by atoms with E-state index in [9.17, 15) is 9.18 Å². The van der Waals surface area contributed by atoms with Crippen molar-refractivity contribution in [2.45, 2.75) is 70.1 Å². The minimum atomic E-state index is -0.729. The Balaban J connectivity index is 1.43. The molecule has 4 heteroatoms. The van der Waals surface area contributed by atoms with Crippen molar-refractivity contribution >= 4 is 5.97 Å². The first-order valence-electron chi connectivity index (χ1n) is 10.6. The van der Waals surface area contributed by atoms with E-state index in [1.807, 2.05) is 18.2 Å². The molecule has 2 fully saturated rings. The van der Waals surface area contributed by atoms with E-state index in [0.29, 0.717) is 18.3 Å². The lowest BCUT2D eigenvalue weighted by Crippen LogP contribution is -2.25. The van der Waals surface area contributed by atoms with Crippen LogP contribution in [0.3, 0.4) is 0 Å². The highest BCUT2D eigenvalue weighted by Gasteiger charge is 2.31. The molecule has 150 valence electrons. The van der Waals surface area contributed by atoms with Crippen LogP contribution in [0.5, 0.6) is 0 Å². The van der Waals surface area contributed by atoms with Crippen LogP contribution in [0.25, 0.3) is 0 Å². The third-order valence-corrected chi connectivity index (χ3v) is 6.77. The van der Waals surface area contributed by atoms with Gasteiger partial charge in [-0.15, -0.1) is 0 Å². The first-order valence-corrected chi connectivity index (χ1v) is 10.6. The number of rotatable bonds is 6. The average molecular weight is 384 g/mol. The molecule has 2 saturated carbocycles. The molecule has 0 unspecified atom stereocenters. The van der Waals surface area contributed by atoms with E-state index in [1.165, 1.54) is 38.5 Å². The fourth-order valence-corrected chi connectivity index (χ4v) is 5.10. The molecule has 0 spiro atoms. The van der Waals surface area contributed by atoms with Gasteiger partial charge in [-0.25, -0.2) is 4.39 Å². The van der Waals surface area contributed by atoms with Crippen molar-refractivity contribution in [3.63, 3.8) is 0 Å². The van der Waals surface area contributed by atoms with Gasteiger partial charge >= 0.3 is 5.97 Å². The highest BCUT2D eigenvalue weighted by Crippen LogP contribution is 2.44. The predicted molar refractivity (Wildman–Crippen MR) is 107 cm³/mol. The van der Waals surface area contributed by atoms with E-state index >= 15 is 0 Å². The number of nitriles is 1. The smallest absolute Gasteiger partial charge is 0.303 e. The van der Waals surface area contributed by atoms with Crippen LogP contribution in [0.2, 0.25) is 0 Å². The number of nitrogens with zero attached hydrogens (tertiary/aromatic N) is 1. The van der Waals surface area contributed by atoms with Crippen LogP contribution < -0.4 is 0 Å². The largest absolute Gasteiger partial charge is 0.481 e. The molecule has 0 bridgehead atoms. The van der Waals surface area contributed by atoms with Gasteiger partial charge in [-0.1, -0.05) is 18.2 Å². The Hall–Kier alpha value is -2.15. The normalized spacial score (nSPS) is 28.1. The molecule has 0 amide bonds. The van der Waals surface area contributed by atoms with Gasteiger partial charge in [0.1, 0.15) is 11.9 Å². The summed E-state index contributed by atoms with van der Waals surface area (Å²) in [4.78, 5) is 10.6. The Morgan fingerprint density at radius 2 is 1.75 bits per heavy atom. The zero-order chi connectivity index (χ0) is 19.9. The minimum Gasteiger partial charge on any atom is -0.481 e. The molecular formula is C24H30FNO2. The van der Waals surface area contributed by atoms with Gasteiger partial charge in [-0.05, 0) is 99.2 Å².